The first kappa shape index (κ1) is 18.4. The zero-order valence-corrected chi connectivity index (χ0v) is 14.2. The van der Waals surface area contributed by atoms with E-state index in [9.17, 15) is 18.0 Å². The molecule has 0 saturated carbocycles. The first-order valence-electron chi connectivity index (χ1n) is 7.94. The molecule has 3 aromatic rings. The minimum absolute atomic E-state index is 0.0419. The van der Waals surface area contributed by atoms with Gasteiger partial charge < -0.3 is 10.2 Å². The molecule has 0 saturated heterocycles. The molecular weight excluding hydrogens is 357 g/mol. The minimum Gasteiger partial charge on any atom is -0.329 e. The Morgan fingerprint density at radius 2 is 1.67 bits per heavy atom. The maximum absolute atomic E-state index is 13.1. The summed E-state index contributed by atoms with van der Waals surface area (Å²) in [6.45, 7) is 0. The van der Waals surface area contributed by atoms with E-state index in [1.165, 1.54) is 30.6 Å². The Morgan fingerprint density at radius 3 is 2.37 bits per heavy atom. The molecule has 8 heteroatoms. The van der Waals surface area contributed by atoms with Crippen molar-refractivity contribution in [3.8, 4) is 0 Å². The predicted molar refractivity (Wildman–Crippen MR) is 95.9 cm³/mol. The average Bonchev–Trinajstić information content (AvgIpc) is 2.68. The Morgan fingerprint density at radius 1 is 1.00 bits per heavy atom. The zero-order chi connectivity index (χ0) is 19.4. The summed E-state index contributed by atoms with van der Waals surface area (Å²) in [4.78, 5) is 22.1. The smallest absolute Gasteiger partial charge is 0.329 e. The van der Waals surface area contributed by atoms with Crippen LogP contribution < -0.4 is 10.2 Å². The number of rotatable bonds is 4. The highest BCUT2D eigenvalue weighted by Crippen LogP contribution is 2.34. The Balaban J connectivity index is 1.85. The maximum Gasteiger partial charge on any atom is 0.418 e. The van der Waals surface area contributed by atoms with Crippen LogP contribution in [0.25, 0.3) is 0 Å². The van der Waals surface area contributed by atoms with Crippen LogP contribution in [0.2, 0.25) is 0 Å². The molecule has 1 heterocycles. The molecule has 0 spiro atoms. The standard InChI is InChI=1S/C19H15F3N4O/c1-26(13-7-3-2-4-8-13)17-11-16(23-12-24-17)18(27)25-15-10-6-5-9-14(15)19(20,21)22/h2-12H,1H3,(H,25,27). The normalized spacial score (nSPS) is 11.1. The molecule has 0 unspecified atom stereocenters. The molecule has 27 heavy (non-hydrogen) atoms. The van der Waals surface area contributed by atoms with Crippen molar-refractivity contribution in [1.82, 2.24) is 9.97 Å². The van der Waals surface area contributed by atoms with E-state index in [1.54, 1.807) is 11.9 Å². The fraction of sp³-hybridized carbons (Fsp3) is 0.105. The fourth-order valence-corrected chi connectivity index (χ4v) is 2.46. The van der Waals surface area contributed by atoms with Crippen molar-refractivity contribution in [3.63, 3.8) is 0 Å². The van der Waals surface area contributed by atoms with Gasteiger partial charge in [-0.05, 0) is 24.3 Å². The van der Waals surface area contributed by atoms with Crippen LogP contribution in [-0.2, 0) is 6.18 Å². The lowest BCUT2D eigenvalue weighted by atomic mass is 10.1. The molecule has 1 N–H and O–H groups in total. The summed E-state index contributed by atoms with van der Waals surface area (Å²) in [7, 11) is 1.76. The van der Waals surface area contributed by atoms with E-state index in [1.807, 2.05) is 30.3 Å². The molecule has 0 radical (unpaired) electrons. The summed E-state index contributed by atoms with van der Waals surface area (Å²) in [6, 6.07) is 15.5. The molecule has 0 aliphatic carbocycles. The molecule has 5 nitrogen and oxygen atoms in total. The van der Waals surface area contributed by atoms with E-state index >= 15 is 0 Å². The second kappa shape index (κ2) is 7.45. The van der Waals surface area contributed by atoms with Crippen molar-refractivity contribution < 1.29 is 18.0 Å². The number of para-hydroxylation sites is 2. The van der Waals surface area contributed by atoms with E-state index < -0.39 is 17.6 Å². The molecule has 0 aliphatic rings. The summed E-state index contributed by atoms with van der Waals surface area (Å²) >= 11 is 0. The summed E-state index contributed by atoms with van der Waals surface area (Å²) in [6.07, 6.45) is -3.38. The number of aromatic nitrogens is 2. The number of halogens is 3. The summed E-state index contributed by atoms with van der Waals surface area (Å²) in [5, 5.41) is 2.27. The van der Waals surface area contributed by atoms with Gasteiger partial charge in [-0.2, -0.15) is 13.2 Å². The second-order valence-electron chi connectivity index (χ2n) is 5.65. The molecule has 0 fully saturated rings. The van der Waals surface area contributed by atoms with Gasteiger partial charge >= 0.3 is 6.18 Å². The largest absolute Gasteiger partial charge is 0.418 e. The van der Waals surface area contributed by atoms with E-state index in [-0.39, 0.29) is 11.4 Å². The van der Waals surface area contributed by atoms with Crippen LogP contribution in [0, 0.1) is 0 Å². The van der Waals surface area contributed by atoms with E-state index in [2.05, 4.69) is 15.3 Å². The number of alkyl halides is 3. The zero-order valence-electron chi connectivity index (χ0n) is 14.2. The molecule has 1 aromatic heterocycles. The van der Waals surface area contributed by atoms with Crippen molar-refractivity contribution in [1.29, 1.82) is 0 Å². The third kappa shape index (κ3) is 4.22. The number of carbonyl (C=O) groups is 1. The lowest BCUT2D eigenvalue weighted by Crippen LogP contribution is -2.19. The van der Waals surface area contributed by atoms with Crippen molar-refractivity contribution >= 4 is 23.1 Å². The van der Waals surface area contributed by atoms with Gasteiger partial charge in [0, 0.05) is 18.8 Å². The minimum atomic E-state index is -4.58. The van der Waals surface area contributed by atoms with Crippen LogP contribution in [0.1, 0.15) is 16.1 Å². The average molecular weight is 372 g/mol. The third-order valence-electron chi connectivity index (χ3n) is 3.85. The van der Waals surface area contributed by atoms with Gasteiger partial charge in [0.1, 0.15) is 17.8 Å². The van der Waals surface area contributed by atoms with E-state index in [0.717, 1.165) is 11.8 Å². The number of benzene rings is 2. The van der Waals surface area contributed by atoms with Gasteiger partial charge in [0.2, 0.25) is 0 Å². The van der Waals surface area contributed by atoms with Crippen LogP contribution in [0.4, 0.5) is 30.4 Å². The van der Waals surface area contributed by atoms with Gasteiger partial charge in [0.15, 0.2) is 0 Å². The Labute approximate surface area is 153 Å². The number of anilines is 3. The van der Waals surface area contributed by atoms with Crippen molar-refractivity contribution in [2.24, 2.45) is 0 Å². The van der Waals surface area contributed by atoms with Gasteiger partial charge in [0.05, 0.1) is 11.3 Å². The molecule has 2 aromatic carbocycles. The Bertz CT molecular complexity index is 945. The van der Waals surface area contributed by atoms with Crippen LogP contribution in [0.15, 0.2) is 67.0 Å². The monoisotopic (exact) mass is 372 g/mol. The topological polar surface area (TPSA) is 58.1 Å². The van der Waals surface area contributed by atoms with Crippen molar-refractivity contribution in [2.75, 3.05) is 17.3 Å². The number of nitrogens with zero attached hydrogens (tertiary/aromatic N) is 3. The lowest BCUT2D eigenvalue weighted by molar-refractivity contribution is -0.136. The number of hydrogen-bond donors (Lipinski definition) is 1. The van der Waals surface area contributed by atoms with Crippen LogP contribution >= 0.6 is 0 Å². The van der Waals surface area contributed by atoms with E-state index in [0.29, 0.717) is 5.82 Å². The van der Waals surface area contributed by atoms with Crippen molar-refractivity contribution in [3.05, 3.63) is 78.2 Å². The first-order chi connectivity index (χ1) is 12.9. The molecular formula is C19H15F3N4O. The molecule has 3 rings (SSSR count). The van der Waals surface area contributed by atoms with Gasteiger partial charge in [0.25, 0.3) is 5.91 Å². The van der Waals surface area contributed by atoms with E-state index in [4.69, 9.17) is 0 Å². The molecule has 0 bridgehead atoms. The second-order valence-corrected chi connectivity index (χ2v) is 5.65. The maximum atomic E-state index is 13.1. The first-order valence-corrected chi connectivity index (χ1v) is 7.94. The van der Waals surface area contributed by atoms with Gasteiger partial charge in [-0.25, -0.2) is 9.97 Å². The molecule has 0 aliphatic heterocycles. The van der Waals surface area contributed by atoms with Crippen molar-refractivity contribution in [2.45, 2.75) is 6.18 Å². The fourth-order valence-electron chi connectivity index (χ4n) is 2.46. The number of carbonyl (C=O) groups excluding carboxylic acids is 1. The summed E-state index contributed by atoms with van der Waals surface area (Å²) < 4.78 is 39.2. The summed E-state index contributed by atoms with van der Waals surface area (Å²) in [5.74, 6) is -0.317. The Kier molecular flexibility index (Phi) is 5.07. The third-order valence-corrected chi connectivity index (χ3v) is 3.85. The highest BCUT2D eigenvalue weighted by molar-refractivity contribution is 6.03. The van der Waals surface area contributed by atoms with Gasteiger partial charge in [-0.15, -0.1) is 0 Å². The van der Waals surface area contributed by atoms with Gasteiger partial charge in [-0.3, -0.25) is 4.79 Å². The molecule has 138 valence electrons. The number of amides is 1. The van der Waals surface area contributed by atoms with Gasteiger partial charge in [-0.1, -0.05) is 30.3 Å². The quantitative estimate of drug-likeness (QED) is 0.732. The predicted octanol–water partition coefficient (Wildman–Crippen LogP) is 4.52. The number of hydrogen-bond acceptors (Lipinski definition) is 4. The number of nitrogens with one attached hydrogen (secondary N) is 1. The lowest BCUT2D eigenvalue weighted by Gasteiger charge is -2.18. The Hall–Kier alpha value is -3.42. The molecule has 0 atom stereocenters. The highest BCUT2D eigenvalue weighted by atomic mass is 19.4. The van der Waals surface area contributed by atoms with Crippen LogP contribution in [0.3, 0.4) is 0 Å². The highest BCUT2D eigenvalue weighted by Gasteiger charge is 2.33. The summed E-state index contributed by atoms with van der Waals surface area (Å²) in [5.41, 5.74) is -0.453. The van der Waals surface area contributed by atoms with Crippen LogP contribution in [-0.4, -0.2) is 22.9 Å². The van der Waals surface area contributed by atoms with Crippen LogP contribution in [0.5, 0.6) is 0 Å². The SMILES string of the molecule is CN(c1ccccc1)c1cc(C(=O)Nc2ccccc2C(F)(F)F)ncn1. The molecule has 1 amide bonds.